The van der Waals surface area contributed by atoms with Crippen LogP contribution >= 0.6 is 0 Å². The predicted octanol–water partition coefficient (Wildman–Crippen LogP) is 0.812. The standard InChI is InChI=1S/C13H12FN3O4/c1-7(2)17-13(21)16(9-5-3-8(14)4-6-9)11(18)10(15-17)12(19)20/h3-7H,1-2H3,(H,19,20). The second-order valence-electron chi connectivity index (χ2n) is 4.59. The summed E-state index contributed by atoms with van der Waals surface area (Å²) >= 11 is 0. The SMILES string of the molecule is CC(C)n1nc(C(=O)O)c(=O)n(-c2ccc(F)cc2)c1=O. The Kier molecular flexibility index (Phi) is 3.70. The van der Waals surface area contributed by atoms with Gasteiger partial charge in [0.25, 0.3) is 5.56 Å². The third kappa shape index (κ3) is 2.60. The molecule has 1 aromatic heterocycles. The molecule has 0 aliphatic carbocycles. The van der Waals surface area contributed by atoms with Crippen molar-refractivity contribution in [2.24, 2.45) is 0 Å². The van der Waals surface area contributed by atoms with E-state index in [4.69, 9.17) is 5.11 Å². The van der Waals surface area contributed by atoms with E-state index in [0.29, 0.717) is 4.57 Å². The molecule has 8 heteroatoms. The lowest BCUT2D eigenvalue weighted by Gasteiger charge is -2.12. The smallest absolute Gasteiger partial charge is 0.362 e. The van der Waals surface area contributed by atoms with Crippen molar-refractivity contribution >= 4 is 5.97 Å². The number of aromatic nitrogens is 3. The van der Waals surface area contributed by atoms with E-state index >= 15 is 0 Å². The fourth-order valence-electron chi connectivity index (χ4n) is 1.78. The molecule has 0 amide bonds. The Morgan fingerprint density at radius 1 is 1.24 bits per heavy atom. The Labute approximate surface area is 117 Å². The first-order chi connectivity index (χ1) is 9.82. The highest BCUT2D eigenvalue weighted by molar-refractivity contribution is 5.84. The fourth-order valence-corrected chi connectivity index (χ4v) is 1.78. The third-order valence-electron chi connectivity index (χ3n) is 2.78. The maximum atomic E-state index is 12.9. The number of benzene rings is 1. The van der Waals surface area contributed by atoms with Crippen LogP contribution in [-0.4, -0.2) is 25.4 Å². The van der Waals surface area contributed by atoms with Gasteiger partial charge in [0.05, 0.1) is 11.7 Å². The molecule has 0 saturated carbocycles. The summed E-state index contributed by atoms with van der Waals surface area (Å²) in [4.78, 5) is 35.5. The molecule has 1 heterocycles. The van der Waals surface area contributed by atoms with Crippen LogP contribution in [0.4, 0.5) is 4.39 Å². The number of carboxylic acids is 1. The summed E-state index contributed by atoms with van der Waals surface area (Å²) in [5.41, 5.74) is -2.54. The van der Waals surface area contributed by atoms with E-state index in [-0.39, 0.29) is 5.69 Å². The van der Waals surface area contributed by atoms with Gasteiger partial charge in [0, 0.05) is 0 Å². The van der Waals surface area contributed by atoms with Gasteiger partial charge < -0.3 is 5.11 Å². The number of nitrogens with zero attached hydrogens (tertiary/aromatic N) is 3. The quantitative estimate of drug-likeness (QED) is 0.903. The molecule has 0 bridgehead atoms. The van der Waals surface area contributed by atoms with Crippen LogP contribution in [0.2, 0.25) is 0 Å². The van der Waals surface area contributed by atoms with E-state index in [1.807, 2.05) is 0 Å². The van der Waals surface area contributed by atoms with Gasteiger partial charge in [0.2, 0.25) is 5.69 Å². The zero-order valence-corrected chi connectivity index (χ0v) is 11.3. The summed E-state index contributed by atoms with van der Waals surface area (Å²) in [6.45, 7) is 3.25. The lowest BCUT2D eigenvalue weighted by atomic mass is 10.3. The van der Waals surface area contributed by atoms with Crippen LogP contribution in [0.1, 0.15) is 30.4 Å². The van der Waals surface area contributed by atoms with Crippen molar-refractivity contribution in [3.63, 3.8) is 0 Å². The summed E-state index contributed by atoms with van der Waals surface area (Å²) in [6, 6.07) is 4.13. The maximum Gasteiger partial charge on any atom is 0.362 e. The molecule has 7 nitrogen and oxygen atoms in total. The Bertz CT molecular complexity index is 806. The van der Waals surface area contributed by atoms with Crippen molar-refractivity contribution in [2.45, 2.75) is 19.9 Å². The molecule has 0 atom stereocenters. The lowest BCUT2D eigenvalue weighted by molar-refractivity contribution is 0.0683. The van der Waals surface area contributed by atoms with Gasteiger partial charge in [-0.25, -0.2) is 23.2 Å². The van der Waals surface area contributed by atoms with Crippen molar-refractivity contribution in [1.82, 2.24) is 14.3 Å². The van der Waals surface area contributed by atoms with E-state index in [9.17, 15) is 18.8 Å². The van der Waals surface area contributed by atoms with Crippen molar-refractivity contribution < 1.29 is 14.3 Å². The van der Waals surface area contributed by atoms with Crippen molar-refractivity contribution in [3.8, 4) is 5.69 Å². The molecular weight excluding hydrogens is 281 g/mol. The highest BCUT2D eigenvalue weighted by Crippen LogP contribution is 2.06. The fraction of sp³-hybridized carbons (Fsp3) is 0.231. The van der Waals surface area contributed by atoms with E-state index < -0.39 is 34.8 Å². The molecule has 0 fully saturated rings. The molecule has 2 aromatic rings. The molecule has 1 aromatic carbocycles. The molecule has 0 unspecified atom stereocenters. The van der Waals surface area contributed by atoms with Crippen LogP contribution in [0.25, 0.3) is 5.69 Å². The molecule has 110 valence electrons. The number of halogens is 1. The van der Waals surface area contributed by atoms with Crippen molar-refractivity contribution in [3.05, 3.63) is 56.6 Å². The van der Waals surface area contributed by atoms with Gasteiger partial charge in [-0.1, -0.05) is 0 Å². The van der Waals surface area contributed by atoms with E-state index in [1.165, 1.54) is 12.1 Å². The maximum absolute atomic E-state index is 12.9. The highest BCUT2D eigenvalue weighted by atomic mass is 19.1. The Morgan fingerprint density at radius 3 is 2.29 bits per heavy atom. The average Bonchev–Trinajstić information content (AvgIpc) is 2.40. The molecular formula is C13H12FN3O4. The van der Waals surface area contributed by atoms with E-state index in [1.54, 1.807) is 13.8 Å². The number of rotatable bonds is 3. The van der Waals surface area contributed by atoms with E-state index in [2.05, 4.69) is 5.10 Å². The van der Waals surface area contributed by atoms with Crippen LogP contribution in [0.5, 0.6) is 0 Å². The third-order valence-corrected chi connectivity index (χ3v) is 2.78. The minimum atomic E-state index is -1.54. The second-order valence-corrected chi connectivity index (χ2v) is 4.59. The van der Waals surface area contributed by atoms with Crippen LogP contribution < -0.4 is 11.2 Å². The van der Waals surface area contributed by atoms with Gasteiger partial charge in [0.1, 0.15) is 5.82 Å². The molecule has 0 radical (unpaired) electrons. The molecule has 0 spiro atoms. The predicted molar refractivity (Wildman–Crippen MR) is 71.4 cm³/mol. The van der Waals surface area contributed by atoms with Gasteiger partial charge >= 0.3 is 11.7 Å². The number of aromatic carboxylic acids is 1. The summed E-state index contributed by atoms with van der Waals surface area (Å²) in [5, 5.41) is 12.6. The number of hydrogen-bond acceptors (Lipinski definition) is 4. The Balaban J connectivity index is 2.87. The first-order valence-corrected chi connectivity index (χ1v) is 6.08. The zero-order valence-electron chi connectivity index (χ0n) is 11.3. The van der Waals surface area contributed by atoms with Crippen LogP contribution in [0.15, 0.2) is 33.9 Å². The zero-order chi connectivity index (χ0) is 15.7. The minimum Gasteiger partial charge on any atom is -0.476 e. The highest BCUT2D eigenvalue weighted by Gasteiger charge is 2.20. The van der Waals surface area contributed by atoms with Crippen LogP contribution in [0.3, 0.4) is 0 Å². The largest absolute Gasteiger partial charge is 0.476 e. The van der Waals surface area contributed by atoms with Gasteiger partial charge in [-0.05, 0) is 38.1 Å². The molecule has 0 aliphatic heterocycles. The lowest BCUT2D eigenvalue weighted by Crippen LogP contribution is -2.44. The molecule has 21 heavy (non-hydrogen) atoms. The first-order valence-electron chi connectivity index (χ1n) is 6.08. The molecule has 1 N–H and O–H groups in total. The number of hydrogen-bond donors (Lipinski definition) is 1. The summed E-state index contributed by atoms with van der Waals surface area (Å²) in [7, 11) is 0. The Morgan fingerprint density at radius 2 is 1.81 bits per heavy atom. The first kappa shape index (κ1) is 14.6. The van der Waals surface area contributed by atoms with Gasteiger partial charge in [-0.15, -0.1) is 0 Å². The minimum absolute atomic E-state index is 0.0747. The second kappa shape index (κ2) is 5.31. The van der Waals surface area contributed by atoms with Gasteiger partial charge in [-0.3, -0.25) is 4.79 Å². The summed E-state index contributed by atoms with van der Waals surface area (Å²) < 4.78 is 14.5. The monoisotopic (exact) mass is 293 g/mol. The average molecular weight is 293 g/mol. The van der Waals surface area contributed by atoms with Gasteiger partial charge in [-0.2, -0.15) is 5.10 Å². The molecule has 0 aliphatic rings. The number of carbonyl (C=O) groups is 1. The normalized spacial score (nSPS) is 10.9. The van der Waals surface area contributed by atoms with Crippen LogP contribution in [-0.2, 0) is 0 Å². The Hall–Kier alpha value is -2.77. The van der Waals surface area contributed by atoms with E-state index in [0.717, 1.165) is 16.8 Å². The molecule has 2 rings (SSSR count). The summed E-state index contributed by atoms with van der Waals surface area (Å²) in [6.07, 6.45) is 0. The van der Waals surface area contributed by atoms with Gasteiger partial charge in [0.15, 0.2) is 0 Å². The van der Waals surface area contributed by atoms with Crippen LogP contribution in [0, 0.1) is 5.82 Å². The summed E-state index contributed by atoms with van der Waals surface area (Å²) in [5.74, 6) is -2.08. The molecule has 0 saturated heterocycles. The van der Waals surface area contributed by atoms with Crippen molar-refractivity contribution in [2.75, 3.05) is 0 Å². The number of carboxylic acid groups (broad SMARTS) is 1. The topological polar surface area (TPSA) is 94.2 Å². The van der Waals surface area contributed by atoms with Crippen molar-refractivity contribution in [1.29, 1.82) is 0 Å².